The fourth-order valence-corrected chi connectivity index (χ4v) is 2.72. The number of ether oxygens (including phenoxy) is 1. The molecule has 1 amide bonds. The lowest BCUT2D eigenvalue weighted by Gasteiger charge is -2.30. The molecule has 2 N–H and O–H groups in total. The van der Waals surface area contributed by atoms with Crippen molar-refractivity contribution in [3.05, 3.63) is 24.3 Å². The summed E-state index contributed by atoms with van der Waals surface area (Å²) >= 11 is 1.54. The molecule has 0 bridgehead atoms. The van der Waals surface area contributed by atoms with E-state index in [4.69, 9.17) is 4.74 Å². The molecule has 0 radical (unpaired) electrons. The first-order valence-corrected chi connectivity index (χ1v) is 7.78. The number of hydrazine groups is 1. The maximum atomic E-state index is 11.9. The fourth-order valence-electron chi connectivity index (χ4n) is 2.03. The van der Waals surface area contributed by atoms with Crippen molar-refractivity contribution in [1.29, 1.82) is 0 Å². The molecule has 0 unspecified atom stereocenters. The van der Waals surface area contributed by atoms with Gasteiger partial charge in [-0.05, 0) is 24.3 Å². The van der Waals surface area contributed by atoms with Crippen LogP contribution in [-0.2, 0) is 4.79 Å². The second kappa shape index (κ2) is 7.52. The van der Waals surface area contributed by atoms with Crippen molar-refractivity contribution < 1.29 is 14.4 Å². The van der Waals surface area contributed by atoms with Crippen LogP contribution < -0.4 is 15.1 Å². The number of piperazine rings is 1. The monoisotopic (exact) mass is 296 g/mol. The molecule has 1 aliphatic rings. The van der Waals surface area contributed by atoms with Crippen LogP contribution in [0.15, 0.2) is 29.2 Å². The topological polar surface area (TPSA) is 46.0 Å². The molecule has 0 saturated carbocycles. The molecule has 6 heteroatoms. The van der Waals surface area contributed by atoms with Gasteiger partial charge in [-0.2, -0.15) is 0 Å². The number of carbonyl (C=O) groups is 1. The van der Waals surface area contributed by atoms with E-state index in [0.717, 1.165) is 36.8 Å². The Hall–Kier alpha value is -1.24. The molecule has 1 aromatic carbocycles. The first-order chi connectivity index (χ1) is 9.67. The van der Waals surface area contributed by atoms with E-state index in [0.29, 0.717) is 5.75 Å². The van der Waals surface area contributed by atoms with E-state index >= 15 is 0 Å². The number of carbonyl (C=O) groups excluding carboxylic acids is 1. The molecule has 5 nitrogen and oxygen atoms in total. The van der Waals surface area contributed by atoms with E-state index in [-0.39, 0.29) is 5.91 Å². The zero-order valence-corrected chi connectivity index (χ0v) is 12.8. The van der Waals surface area contributed by atoms with Crippen molar-refractivity contribution in [3.8, 4) is 5.75 Å². The molecular formula is C14H22N3O2S+. The molecule has 0 aromatic heterocycles. The van der Waals surface area contributed by atoms with Crippen molar-refractivity contribution in [1.82, 2.24) is 10.4 Å². The summed E-state index contributed by atoms with van der Waals surface area (Å²) in [7, 11) is 3.83. The van der Waals surface area contributed by atoms with Gasteiger partial charge in [-0.1, -0.05) is 0 Å². The number of rotatable bonds is 5. The Balaban J connectivity index is 1.71. The average molecular weight is 296 g/mol. The third kappa shape index (κ3) is 4.70. The highest BCUT2D eigenvalue weighted by molar-refractivity contribution is 8.00. The Morgan fingerprint density at radius 1 is 1.35 bits per heavy atom. The van der Waals surface area contributed by atoms with Crippen molar-refractivity contribution in [2.75, 3.05) is 46.1 Å². The lowest BCUT2D eigenvalue weighted by atomic mass is 10.3. The van der Waals surface area contributed by atoms with E-state index < -0.39 is 0 Å². The van der Waals surface area contributed by atoms with Crippen molar-refractivity contribution >= 4 is 17.7 Å². The summed E-state index contributed by atoms with van der Waals surface area (Å²) in [6.45, 7) is 3.99. The van der Waals surface area contributed by atoms with Gasteiger partial charge in [0.2, 0.25) is 5.91 Å². The molecule has 1 saturated heterocycles. The van der Waals surface area contributed by atoms with Gasteiger partial charge in [-0.25, -0.2) is 5.01 Å². The van der Waals surface area contributed by atoms with Crippen molar-refractivity contribution in [2.24, 2.45) is 0 Å². The normalized spacial score (nSPS) is 16.9. The number of hydrogen-bond acceptors (Lipinski definition) is 4. The summed E-state index contributed by atoms with van der Waals surface area (Å²) in [4.78, 5) is 14.5. The Morgan fingerprint density at radius 3 is 2.60 bits per heavy atom. The van der Waals surface area contributed by atoms with Crippen LogP contribution in [-0.4, -0.2) is 57.0 Å². The third-order valence-electron chi connectivity index (χ3n) is 3.33. The van der Waals surface area contributed by atoms with Crippen LogP contribution in [0.1, 0.15) is 0 Å². The number of likely N-dealkylation sites (N-methyl/N-ethyl adjacent to an activating group) is 1. The highest BCUT2D eigenvalue weighted by Crippen LogP contribution is 2.20. The number of methoxy groups -OCH3 is 1. The third-order valence-corrected chi connectivity index (χ3v) is 4.34. The Labute approximate surface area is 124 Å². The molecule has 2 rings (SSSR count). The van der Waals surface area contributed by atoms with Gasteiger partial charge in [-0.3, -0.25) is 10.2 Å². The van der Waals surface area contributed by atoms with Crippen LogP contribution in [0.25, 0.3) is 0 Å². The Kier molecular flexibility index (Phi) is 5.70. The number of nitrogens with zero attached hydrogens (tertiary/aromatic N) is 1. The van der Waals surface area contributed by atoms with Gasteiger partial charge in [0, 0.05) is 4.90 Å². The summed E-state index contributed by atoms with van der Waals surface area (Å²) in [6.07, 6.45) is 0. The van der Waals surface area contributed by atoms with E-state index in [2.05, 4.69) is 12.5 Å². The number of quaternary nitrogens is 1. The zero-order valence-electron chi connectivity index (χ0n) is 12.0. The summed E-state index contributed by atoms with van der Waals surface area (Å²) < 4.78 is 5.11. The van der Waals surface area contributed by atoms with E-state index in [1.54, 1.807) is 7.11 Å². The molecule has 110 valence electrons. The van der Waals surface area contributed by atoms with Gasteiger partial charge in [0.1, 0.15) is 5.75 Å². The predicted octanol–water partition coefficient (Wildman–Crippen LogP) is -0.351. The SMILES string of the molecule is COc1ccc(SCC(=O)NN2CC[NH+](C)CC2)cc1. The van der Waals surface area contributed by atoms with Gasteiger partial charge in [0.05, 0.1) is 46.1 Å². The van der Waals surface area contributed by atoms with Crippen molar-refractivity contribution in [3.63, 3.8) is 0 Å². The molecular weight excluding hydrogens is 274 g/mol. The first-order valence-electron chi connectivity index (χ1n) is 6.80. The quantitative estimate of drug-likeness (QED) is 0.729. The predicted molar refractivity (Wildman–Crippen MR) is 80.1 cm³/mol. The fraction of sp³-hybridized carbons (Fsp3) is 0.500. The van der Waals surface area contributed by atoms with E-state index in [1.165, 1.54) is 16.7 Å². The summed E-state index contributed by atoms with van der Waals surface area (Å²) in [5.41, 5.74) is 2.97. The molecule has 0 spiro atoms. The highest BCUT2D eigenvalue weighted by Gasteiger charge is 2.17. The van der Waals surface area contributed by atoms with Crippen LogP contribution in [0.4, 0.5) is 0 Å². The van der Waals surface area contributed by atoms with Gasteiger partial charge in [0.15, 0.2) is 0 Å². The van der Waals surface area contributed by atoms with E-state index in [9.17, 15) is 4.79 Å². The molecule has 0 aliphatic carbocycles. The van der Waals surface area contributed by atoms with Gasteiger partial charge >= 0.3 is 0 Å². The number of thioether (sulfide) groups is 1. The Bertz CT molecular complexity index is 431. The average Bonchev–Trinajstić information content (AvgIpc) is 2.48. The second-order valence-electron chi connectivity index (χ2n) is 4.94. The highest BCUT2D eigenvalue weighted by atomic mass is 32.2. The minimum atomic E-state index is 0.0605. The number of benzene rings is 1. The summed E-state index contributed by atoms with van der Waals surface area (Å²) in [5.74, 6) is 1.33. The minimum absolute atomic E-state index is 0.0605. The minimum Gasteiger partial charge on any atom is -0.497 e. The maximum Gasteiger partial charge on any atom is 0.244 e. The van der Waals surface area contributed by atoms with Gasteiger partial charge in [-0.15, -0.1) is 11.8 Å². The van der Waals surface area contributed by atoms with Crippen LogP contribution in [0.5, 0.6) is 5.75 Å². The molecule has 0 atom stereocenters. The summed E-state index contributed by atoms with van der Waals surface area (Å²) in [5, 5.41) is 2.02. The largest absolute Gasteiger partial charge is 0.497 e. The maximum absolute atomic E-state index is 11.9. The standard InChI is InChI=1S/C14H21N3O2S/c1-16-7-9-17(10-8-16)15-14(18)11-20-13-5-3-12(19-2)4-6-13/h3-6H,7-11H2,1-2H3,(H,15,18)/p+1. The van der Waals surface area contributed by atoms with Gasteiger partial charge < -0.3 is 9.64 Å². The van der Waals surface area contributed by atoms with Crippen LogP contribution >= 0.6 is 11.8 Å². The summed E-state index contributed by atoms with van der Waals surface area (Å²) in [6, 6.07) is 7.75. The molecule has 20 heavy (non-hydrogen) atoms. The second-order valence-corrected chi connectivity index (χ2v) is 5.99. The van der Waals surface area contributed by atoms with Crippen LogP contribution in [0.3, 0.4) is 0 Å². The van der Waals surface area contributed by atoms with E-state index in [1.807, 2.05) is 29.3 Å². The lowest BCUT2D eigenvalue weighted by Crippen LogP contribution is -3.12. The smallest absolute Gasteiger partial charge is 0.244 e. The lowest BCUT2D eigenvalue weighted by molar-refractivity contribution is -0.884. The zero-order chi connectivity index (χ0) is 14.4. The van der Waals surface area contributed by atoms with Crippen LogP contribution in [0, 0.1) is 0 Å². The Morgan fingerprint density at radius 2 is 2.00 bits per heavy atom. The molecule has 1 aliphatic heterocycles. The number of nitrogens with one attached hydrogen (secondary N) is 2. The molecule has 1 aromatic rings. The van der Waals surface area contributed by atoms with Gasteiger partial charge in [0.25, 0.3) is 0 Å². The number of amides is 1. The van der Waals surface area contributed by atoms with Crippen LogP contribution in [0.2, 0.25) is 0 Å². The molecule has 1 fully saturated rings. The number of hydrogen-bond donors (Lipinski definition) is 2. The first kappa shape index (κ1) is 15.2. The van der Waals surface area contributed by atoms with Crippen molar-refractivity contribution in [2.45, 2.75) is 4.90 Å². The molecule has 1 heterocycles.